The quantitative estimate of drug-likeness (QED) is 0.608. The van der Waals surface area contributed by atoms with Gasteiger partial charge >= 0.3 is 0 Å². The van der Waals surface area contributed by atoms with E-state index in [0.717, 1.165) is 43.2 Å². The Labute approximate surface area is 179 Å². The molecule has 162 valence electrons. The number of carbonyl (C=O) groups excluding carboxylic acids is 1. The Bertz CT molecular complexity index is 804. The Morgan fingerprint density at radius 3 is 2.37 bits per heavy atom. The van der Waals surface area contributed by atoms with E-state index in [1.165, 1.54) is 5.69 Å². The van der Waals surface area contributed by atoms with Crippen LogP contribution in [-0.2, 0) is 11.3 Å². The molecule has 2 aromatic carbocycles. The third kappa shape index (κ3) is 6.39. The smallest absolute Gasteiger partial charge is 0.220 e. The first-order valence-corrected chi connectivity index (χ1v) is 10.8. The molecular formula is C24H33N3O3. The summed E-state index contributed by atoms with van der Waals surface area (Å²) in [7, 11) is 2.16. The molecule has 1 amide bonds. The van der Waals surface area contributed by atoms with Crippen LogP contribution in [0.1, 0.15) is 25.3 Å². The molecule has 0 saturated carbocycles. The molecule has 1 N–H and O–H groups in total. The largest absolute Gasteiger partial charge is 0.490 e. The van der Waals surface area contributed by atoms with E-state index >= 15 is 0 Å². The Hall–Kier alpha value is -2.73. The molecule has 2 aromatic rings. The van der Waals surface area contributed by atoms with Gasteiger partial charge in [0.25, 0.3) is 0 Å². The van der Waals surface area contributed by atoms with Crippen LogP contribution in [0, 0.1) is 0 Å². The predicted molar refractivity (Wildman–Crippen MR) is 120 cm³/mol. The number of nitrogens with one attached hydrogen (secondary N) is 1. The number of carbonyl (C=O) groups is 1. The van der Waals surface area contributed by atoms with Crippen LogP contribution in [0.4, 0.5) is 5.69 Å². The fraction of sp³-hybridized carbons (Fsp3) is 0.458. The number of hydrogen-bond donors (Lipinski definition) is 1. The molecule has 6 nitrogen and oxygen atoms in total. The average molecular weight is 412 g/mol. The van der Waals surface area contributed by atoms with Crippen molar-refractivity contribution in [1.82, 2.24) is 10.2 Å². The highest BCUT2D eigenvalue weighted by atomic mass is 16.5. The topological polar surface area (TPSA) is 54.0 Å². The van der Waals surface area contributed by atoms with Crippen LogP contribution in [0.15, 0.2) is 48.5 Å². The van der Waals surface area contributed by atoms with Gasteiger partial charge in [-0.1, -0.05) is 30.3 Å². The summed E-state index contributed by atoms with van der Waals surface area (Å²) in [6, 6.07) is 16.0. The Morgan fingerprint density at radius 1 is 0.967 bits per heavy atom. The SMILES string of the molecule is CCOc1ccccc1OCCCC(=O)NCc1ccccc1N1CCN(C)CC1. The van der Waals surface area contributed by atoms with Crippen molar-refractivity contribution >= 4 is 11.6 Å². The van der Waals surface area contributed by atoms with E-state index in [2.05, 4.69) is 40.4 Å². The molecule has 30 heavy (non-hydrogen) atoms. The first-order chi connectivity index (χ1) is 14.7. The van der Waals surface area contributed by atoms with Gasteiger partial charge in [-0.25, -0.2) is 0 Å². The lowest BCUT2D eigenvalue weighted by molar-refractivity contribution is -0.121. The molecule has 0 spiro atoms. The minimum absolute atomic E-state index is 0.0462. The Morgan fingerprint density at radius 2 is 1.63 bits per heavy atom. The molecule has 0 aliphatic carbocycles. The van der Waals surface area contributed by atoms with Crippen molar-refractivity contribution in [2.24, 2.45) is 0 Å². The van der Waals surface area contributed by atoms with Gasteiger partial charge in [0.15, 0.2) is 11.5 Å². The van der Waals surface area contributed by atoms with E-state index < -0.39 is 0 Å². The lowest BCUT2D eigenvalue weighted by atomic mass is 10.1. The highest BCUT2D eigenvalue weighted by Crippen LogP contribution is 2.26. The fourth-order valence-corrected chi connectivity index (χ4v) is 3.56. The molecule has 0 radical (unpaired) electrons. The van der Waals surface area contributed by atoms with Gasteiger partial charge in [-0.05, 0) is 44.2 Å². The third-order valence-electron chi connectivity index (χ3n) is 5.27. The summed E-state index contributed by atoms with van der Waals surface area (Å²) >= 11 is 0. The summed E-state index contributed by atoms with van der Waals surface area (Å²) in [6.45, 7) is 7.73. The zero-order valence-corrected chi connectivity index (χ0v) is 18.1. The maximum absolute atomic E-state index is 12.3. The maximum Gasteiger partial charge on any atom is 0.220 e. The van der Waals surface area contributed by atoms with Crippen molar-refractivity contribution in [3.05, 3.63) is 54.1 Å². The van der Waals surface area contributed by atoms with E-state index in [0.29, 0.717) is 32.6 Å². The summed E-state index contributed by atoms with van der Waals surface area (Å²) in [5.41, 5.74) is 2.39. The molecule has 1 aliphatic heterocycles. The predicted octanol–water partition coefficient (Wildman–Crippen LogP) is 3.31. The number of ether oxygens (including phenoxy) is 2. The standard InChI is InChI=1S/C24H33N3O3/c1-3-29-22-11-6-7-12-23(22)30-18-8-13-24(28)25-19-20-9-4-5-10-21(20)27-16-14-26(2)15-17-27/h4-7,9-12H,3,8,13-19H2,1-2H3,(H,25,28). The van der Waals surface area contributed by atoms with Gasteiger partial charge in [-0.2, -0.15) is 0 Å². The number of anilines is 1. The van der Waals surface area contributed by atoms with Gasteiger partial charge in [0, 0.05) is 44.8 Å². The van der Waals surface area contributed by atoms with Gasteiger partial charge in [-0.15, -0.1) is 0 Å². The van der Waals surface area contributed by atoms with Gasteiger partial charge in [0.1, 0.15) is 0 Å². The first kappa shape index (κ1) is 22.0. The van der Waals surface area contributed by atoms with Crippen LogP contribution in [0.2, 0.25) is 0 Å². The van der Waals surface area contributed by atoms with Crippen molar-refractivity contribution in [3.8, 4) is 11.5 Å². The molecule has 1 heterocycles. The minimum Gasteiger partial charge on any atom is -0.490 e. The number of likely N-dealkylation sites (N-methyl/N-ethyl adjacent to an activating group) is 1. The summed E-state index contributed by atoms with van der Waals surface area (Å²) in [5, 5.41) is 3.06. The second kappa shape index (κ2) is 11.5. The van der Waals surface area contributed by atoms with Crippen LogP contribution < -0.4 is 19.7 Å². The molecule has 1 fully saturated rings. The number of rotatable bonds is 10. The third-order valence-corrected chi connectivity index (χ3v) is 5.27. The molecule has 0 atom stereocenters. The molecule has 0 bridgehead atoms. The second-order valence-corrected chi connectivity index (χ2v) is 7.53. The van der Waals surface area contributed by atoms with Gasteiger partial charge in [0.05, 0.1) is 13.2 Å². The van der Waals surface area contributed by atoms with E-state index in [1.807, 2.05) is 37.3 Å². The van der Waals surface area contributed by atoms with Crippen molar-refractivity contribution < 1.29 is 14.3 Å². The van der Waals surface area contributed by atoms with Gasteiger partial charge in [0.2, 0.25) is 5.91 Å². The zero-order chi connectivity index (χ0) is 21.2. The number of para-hydroxylation sites is 3. The zero-order valence-electron chi connectivity index (χ0n) is 18.1. The highest BCUT2D eigenvalue weighted by molar-refractivity contribution is 5.76. The number of amides is 1. The molecule has 0 aromatic heterocycles. The van der Waals surface area contributed by atoms with Gasteiger partial charge < -0.3 is 24.6 Å². The first-order valence-electron chi connectivity index (χ1n) is 10.8. The minimum atomic E-state index is 0.0462. The number of piperazine rings is 1. The van der Waals surface area contributed by atoms with E-state index in [4.69, 9.17) is 9.47 Å². The fourth-order valence-electron chi connectivity index (χ4n) is 3.56. The lowest BCUT2D eigenvalue weighted by Crippen LogP contribution is -2.45. The number of hydrogen-bond acceptors (Lipinski definition) is 5. The monoisotopic (exact) mass is 411 g/mol. The number of benzene rings is 2. The maximum atomic E-state index is 12.3. The molecular weight excluding hydrogens is 378 g/mol. The van der Waals surface area contributed by atoms with E-state index in [1.54, 1.807) is 0 Å². The number of nitrogens with zero attached hydrogens (tertiary/aromatic N) is 2. The van der Waals surface area contributed by atoms with Crippen LogP contribution in [0.3, 0.4) is 0 Å². The molecule has 1 aliphatic rings. The molecule has 6 heteroatoms. The lowest BCUT2D eigenvalue weighted by Gasteiger charge is -2.35. The molecule has 0 unspecified atom stereocenters. The molecule has 1 saturated heterocycles. The van der Waals surface area contributed by atoms with E-state index in [-0.39, 0.29) is 5.91 Å². The molecule has 3 rings (SSSR count). The van der Waals surface area contributed by atoms with Crippen LogP contribution in [0.25, 0.3) is 0 Å². The van der Waals surface area contributed by atoms with Crippen molar-refractivity contribution in [3.63, 3.8) is 0 Å². The summed E-state index contributed by atoms with van der Waals surface area (Å²) in [4.78, 5) is 17.1. The second-order valence-electron chi connectivity index (χ2n) is 7.53. The van der Waals surface area contributed by atoms with Crippen LogP contribution >= 0.6 is 0 Å². The highest BCUT2D eigenvalue weighted by Gasteiger charge is 2.16. The normalized spacial score (nSPS) is 14.4. The summed E-state index contributed by atoms with van der Waals surface area (Å²) in [6.07, 6.45) is 1.10. The van der Waals surface area contributed by atoms with Crippen LogP contribution in [0.5, 0.6) is 11.5 Å². The van der Waals surface area contributed by atoms with Crippen molar-refractivity contribution in [1.29, 1.82) is 0 Å². The van der Waals surface area contributed by atoms with Crippen molar-refractivity contribution in [2.75, 3.05) is 51.3 Å². The Kier molecular flexibility index (Phi) is 8.39. The van der Waals surface area contributed by atoms with E-state index in [9.17, 15) is 4.79 Å². The van der Waals surface area contributed by atoms with Crippen LogP contribution in [-0.4, -0.2) is 57.2 Å². The average Bonchev–Trinajstić information content (AvgIpc) is 2.77. The Balaban J connectivity index is 1.42. The summed E-state index contributed by atoms with van der Waals surface area (Å²) in [5.74, 6) is 1.51. The van der Waals surface area contributed by atoms with Gasteiger partial charge in [-0.3, -0.25) is 4.79 Å². The van der Waals surface area contributed by atoms with Crippen molar-refractivity contribution in [2.45, 2.75) is 26.3 Å². The summed E-state index contributed by atoms with van der Waals surface area (Å²) < 4.78 is 11.4.